The van der Waals surface area contributed by atoms with Crippen molar-refractivity contribution in [3.05, 3.63) is 15.6 Å². The second-order valence-electron chi connectivity index (χ2n) is 5.33. The first-order valence-electron chi connectivity index (χ1n) is 7.55. The minimum Gasteiger partial charge on any atom is -0.379 e. The van der Waals surface area contributed by atoms with E-state index < -0.39 is 0 Å². The van der Waals surface area contributed by atoms with E-state index in [-0.39, 0.29) is 0 Å². The van der Waals surface area contributed by atoms with Gasteiger partial charge in [-0.05, 0) is 26.7 Å². The van der Waals surface area contributed by atoms with Gasteiger partial charge in [-0.3, -0.25) is 0 Å². The van der Waals surface area contributed by atoms with E-state index in [1.54, 1.807) is 11.3 Å². The third-order valence-electron chi connectivity index (χ3n) is 2.71. The number of rotatable bonds is 8. The van der Waals surface area contributed by atoms with Crippen LogP contribution in [0.15, 0.2) is 4.99 Å². The van der Waals surface area contributed by atoms with Crippen LogP contribution in [0.25, 0.3) is 0 Å². The molecular weight excluding hydrogens is 284 g/mol. The van der Waals surface area contributed by atoms with Gasteiger partial charge in [0.1, 0.15) is 0 Å². The van der Waals surface area contributed by atoms with Crippen molar-refractivity contribution in [2.45, 2.75) is 41.2 Å². The highest BCUT2D eigenvalue weighted by atomic mass is 32.1. The molecule has 0 saturated carbocycles. The molecule has 0 radical (unpaired) electrons. The molecule has 1 aromatic rings. The number of nitrogens with zero attached hydrogens (tertiary/aromatic N) is 2. The Morgan fingerprint density at radius 3 is 2.67 bits per heavy atom. The molecule has 1 aromatic heterocycles. The smallest absolute Gasteiger partial charge is 0.191 e. The molecule has 0 saturated heterocycles. The number of hydrogen-bond acceptors (Lipinski definition) is 4. The van der Waals surface area contributed by atoms with Gasteiger partial charge in [0.25, 0.3) is 0 Å². The molecule has 0 aliphatic carbocycles. The number of aromatic nitrogens is 1. The van der Waals surface area contributed by atoms with E-state index in [2.05, 4.69) is 41.4 Å². The third-order valence-corrected chi connectivity index (χ3v) is 3.77. The number of nitrogens with one attached hydrogen (secondary N) is 2. The zero-order valence-electron chi connectivity index (χ0n) is 13.8. The summed E-state index contributed by atoms with van der Waals surface area (Å²) < 4.78 is 5.56. The van der Waals surface area contributed by atoms with Crippen molar-refractivity contribution in [3.63, 3.8) is 0 Å². The summed E-state index contributed by atoms with van der Waals surface area (Å²) in [6.07, 6.45) is 0. The van der Waals surface area contributed by atoms with Crippen LogP contribution < -0.4 is 10.6 Å². The molecule has 120 valence electrons. The van der Waals surface area contributed by atoms with Gasteiger partial charge in [-0.15, -0.1) is 11.3 Å². The zero-order valence-corrected chi connectivity index (χ0v) is 14.6. The first-order valence-corrected chi connectivity index (χ1v) is 8.37. The summed E-state index contributed by atoms with van der Waals surface area (Å²) in [5.41, 5.74) is 1.08. The van der Waals surface area contributed by atoms with Gasteiger partial charge in [0.2, 0.25) is 0 Å². The van der Waals surface area contributed by atoms with E-state index in [4.69, 9.17) is 4.74 Å². The Hall–Kier alpha value is -1.14. The Balaban J connectivity index is 2.41. The molecule has 0 aliphatic heterocycles. The van der Waals surface area contributed by atoms with Crippen molar-refractivity contribution >= 4 is 17.3 Å². The highest BCUT2D eigenvalue weighted by Gasteiger charge is 2.04. The predicted octanol–water partition coefficient (Wildman–Crippen LogP) is 2.49. The standard InChI is InChI=1S/C15H28N4OS/c1-6-16-15(17-7-8-20-10-11(2)3)18-9-14-12(4)19-13(5)21-14/h11H,6-10H2,1-5H3,(H2,16,17,18). The number of ether oxygens (including phenoxy) is 1. The molecule has 0 unspecified atom stereocenters. The fraction of sp³-hybridized carbons (Fsp3) is 0.733. The van der Waals surface area contributed by atoms with Gasteiger partial charge >= 0.3 is 0 Å². The van der Waals surface area contributed by atoms with Crippen LogP contribution in [0.1, 0.15) is 36.3 Å². The number of guanidine groups is 1. The van der Waals surface area contributed by atoms with Crippen LogP contribution in [0, 0.1) is 19.8 Å². The first-order chi connectivity index (χ1) is 10.0. The van der Waals surface area contributed by atoms with Gasteiger partial charge in [0.05, 0.1) is 23.9 Å². The summed E-state index contributed by atoms with van der Waals surface area (Å²) in [6.45, 7) is 14.2. The van der Waals surface area contributed by atoms with Crippen molar-refractivity contribution in [1.29, 1.82) is 0 Å². The van der Waals surface area contributed by atoms with Crippen LogP contribution in [-0.4, -0.2) is 37.2 Å². The van der Waals surface area contributed by atoms with Crippen LogP contribution >= 0.6 is 11.3 Å². The minimum atomic E-state index is 0.574. The molecule has 0 fully saturated rings. The molecule has 1 rings (SSSR count). The van der Waals surface area contributed by atoms with Gasteiger partial charge in [-0.2, -0.15) is 0 Å². The van der Waals surface area contributed by atoms with E-state index in [9.17, 15) is 0 Å². The number of thiazole rings is 1. The summed E-state index contributed by atoms with van der Waals surface area (Å²) in [7, 11) is 0. The maximum absolute atomic E-state index is 5.56. The average molecular weight is 312 g/mol. The van der Waals surface area contributed by atoms with E-state index in [0.717, 1.165) is 36.4 Å². The first kappa shape index (κ1) is 17.9. The van der Waals surface area contributed by atoms with Crippen LogP contribution in [0.2, 0.25) is 0 Å². The lowest BCUT2D eigenvalue weighted by Crippen LogP contribution is -2.39. The summed E-state index contributed by atoms with van der Waals surface area (Å²) in [5, 5.41) is 7.63. The summed E-state index contributed by atoms with van der Waals surface area (Å²) in [5.74, 6) is 1.40. The Kier molecular flexibility index (Phi) is 8.30. The van der Waals surface area contributed by atoms with Crippen LogP contribution in [0.5, 0.6) is 0 Å². The number of aryl methyl sites for hydroxylation is 2. The molecule has 1 heterocycles. The molecule has 2 N–H and O–H groups in total. The summed E-state index contributed by atoms with van der Waals surface area (Å²) >= 11 is 1.71. The zero-order chi connectivity index (χ0) is 15.7. The number of aliphatic imine (C=N–C) groups is 1. The lowest BCUT2D eigenvalue weighted by molar-refractivity contribution is 0.114. The predicted molar refractivity (Wildman–Crippen MR) is 90.1 cm³/mol. The van der Waals surface area contributed by atoms with Gasteiger partial charge in [-0.1, -0.05) is 13.8 Å². The maximum Gasteiger partial charge on any atom is 0.191 e. The second-order valence-corrected chi connectivity index (χ2v) is 6.62. The molecule has 0 bridgehead atoms. The third kappa shape index (κ3) is 7.43. The molecule has 0 aromatic carbocycles. The number of hydrogen-bond donors (Lipinski definition) is 2. The summed E-state index contributed by atoms with van der Waals surface area (Å²) in [4.78, 5) is 10.2. The van der Waals surface area contributed by atoms with Crippen molar-refractivity contribution in [1.82, 2.24) is 15.6 Å². The van der Waals surface area contributed by atoms with E-state index in [0.29, 0.717) is 19.1 Å². The lowest BCUT2D eigenvalue weighted by Gasteiger charge is -2.12. The van der Waals surface area contributed by atoms with E-state index in [1.807, 2.05) is 13.8 Å². The molecule has 21 heavy (non-hydrogen) atoms. The largest absolute Gasteiger partial charge is 0.379 e. The van der Waals surface area contributed by atoms with Gasteiger partial charge in [0, 0.05) is 24.6 Å². The normalized spacial score (nSPS) is 12.0. The topological polar surface area (TPSA) is 58.5 Å². The molecule has 0 atom stereocenters. The van der Waals surface area contributed by atoms with Crippen molar-refractivity contribution in [2.24, 2.45) is 10.9 Å². The Labute approximate surface area is 132 Å². The van der Waals surface area contributed by atoms with Gasteiger partial charge in [-0.25, -0.2) is 9.98 Å². The Bertz CT molecular complexity index is 443. The van der Waals surface area contributed by atoms with Crippen molar-refractivity contribution < 1.29 is 4.74 Å². The van der Waals surface area contributed by atoms with Crippen LogP contribution in [0.3, 0.4) is 0 Å². The fourth-order valence-electron chi connectivity index (χ4n) is 1.77. The quantitative estimate of drug-likeness (QED) is 0.440. The molecule has 0 amide bonds. The summed E-state index contributed by atoms with van der Waals surface area (Å²) in [6, 6.07) is 0. The maximum atomic E-state index is 5.56. The van der Waals surface area contributed by atoms with Gasteiger partial charge < -0.3 is 15.4 Å². The second kappa shape index (κ2) is 9.73. The molecule has 0 aliphatic rings. The van der Waals surface area contributed by atoms with Crippen molar-refractivity contribution in [3.8, 4) is 0 Å². The van der Waals surface area contributed by atoms with Crippen LogP contribution in [0.4, 0.5) is 0 Å². The highest BCUT2D eigenvalue weighted by Crippen LogP contribution is 2.17. The highest BCUT2D eigenvalue weighted by molar-refractivity contribution is 7.11. The molecule has 5 nitrogen and oxygen atoms in total. The SMILES string of the molecule is CCNC(=NCc1sc(C)nc1C)NCCOCC(C)C. The molecule has 6 heteroatoms. The van der Waals surface area contributed by atoms with Gasteiger partial charge in [0.15, 0.2) is 5.96 Å². The molecule has 0 spiro atoms. The van der Waals surface area contributed by atoms with E-state index >= 15 is 0 Å². The minimum absolute atomic E-state index is 0.574. The average Bonchev–Trinajstić information content (AvgIpc) is 2.73. The molecular formula is C15H28N4OS. The van der Waals surface area contributed by atoms with Crippen LogP contribution in [-0.2, 0) is 11.3 Å². The lowest BCUT2D eigenvalue weighted by atomic mass is 10.2. The Morgan fingerprint density at radius 1 is 1.33 bits per heavy atom. The van der Waals surface area contributed by atoms with Crippen molar-refractivity contribution in [2.75, 3.05) is 26.3 Å². The fourth-order valence-corrected chi connectivity index (χ4v) is 2.64. The van der Waals surface area contributed by atoms with E-state index in [1.165, 1.54) is 4.88 Å². The monoisotopic (exact) mass is 312 g/mol. The Morgan fingerprint density at radius 2 is 2.10 bits per heavy atom.